The first-order valence-corrected chi connectivity index (χ1v) is 12.3. The largest absolute Gasteiger partial charge is 0.412 e. The van der Waals surface area contributed by atoms with Gasteiger partial charge < -0.3 is 20.4 Å². The smallest absolute Gasteiger partial charge is 0.408 e. The molecule has 3 N–H and O–H groups in total. The predicted molar refractivity (Wildman–Crippen MR) is 135 cm³/mol. The van der Waals surface area contributed by atoms with E-state index in [-0.39, 0.29) is 5.54 Å². The summed E-state index contributed by atoms with van der Waals surface area (Å²) in [6, 6.07) is 20.2. The zero-order valence-electron chi connectivity index (χ0n) is 19.4. The zero-order valence-corrected chi connectivity index (χ0v) is 20.2. The van der Waals surface area contributed by atoms with Crippen LogP contribution in [-0.2, 0) is 18.6 Å². The number of ether oxygens (including phenoxy) is 1. The molecule has 0 saturated heterocycles. The van der Waals surface area contributed by atoms with E-state index in [1.165, 1.54) is 0 Å². The van der Waals surface area contributed by atoms with Crippen molar-refractivity contribution < 1.29 is 9.53 Å². The third-order valence-electron chi connectivity index (χ3n) is 6.38. The minimum atomic E-state index is -0.471. The van der Waals surface area contributed by atoms with Gasteiger partial charge in [0.2, 0.25) is 0 Å². The Labute approximate surface area is 203 Å². The highest BCUT2D eigenvalue weighted by Gasteiger charge is 2.39. The van der Waals surface area contributed by atoms with E-state index in [2.05, 4.69) is 27.4 Å². The van der Waals surface area contributed by atoms with Crippen LogP contribution in [0.5, 0.6) is 5.75 Å². The Balaban J connectivity index is 1.20. The van der Waals surface area contributed by atoms with Crippen molar-refractivity contribution in [1.82, 2.24) is 14.9 Å². The number of carbonyl (C=O) groups is 1. The van der Waals surface area contributed by atoms with E-state index in [9.17, 15) is 4.79 Å². The van der Waals surface area contributed by atoms with Crippen molar-refractivity contribution in [3.63, 3.8) is 0 Å². The molecule has 0 bridgehead atoms. The number of aryl methyl sites for hydroxylation is 1. The molecule has 1 amide bonds. The maximum absolute atomic E-state index is 12.4. The van der Waals surface area contributed by atoms with E-state index in [4.69, 9.17) is 15.5 Å². The molecule has 0 unspecified atom stereocenters. The second-order valence-electron chi connectivity index (χ2n) is 8.93. The number of nitrogens with one attached hydrogen (secondary N) is 1. The molecule has 4 aromatic rings. The van der Waals surface area contributed by atoms with Crippen LogP contribution in [0.25, 0.3) is 10.6 Å². The Morgan fingerprint density at radius 2 is 1.88 bits per heavy atom. The first kappa shape index (κ1) is 22.4. The fourth-order valence-electron chi connectivity index (χ4n) is 4.06. The van der Waals surface area contributed by atoms with Gasteiger partial charge in [-0.3, -0.25) is 0 Å². The molecule has 0 spiro atoms. The number of benzene rings is 2. The zero-order chi connectivity index (χ0) is 23.7. The van der Waals surface area contributed by atoms with Gasteiger partial charge in [-0.15, -0.1) is 11.3 Å². The van der Waals surface area contributed by atoms with Crippen molar-refractivity contribution in [2.24, 2.45) is 5.73 Å². The van der Waals surface area contributed by atoms with Crippen LogP contribution >= 0.6 is 11.3 Å². The summed E-state index contributed by atoms with van der Waals surface area (Å²) in [7, 11) is 0. The van der Waals surface area contributed by atoms with E-state index in [1.54, 1.807) is 11.3 Å². The van der Waals surface area contributed by atoms with E-state index in [1.807, 2.05) is 62.4 Å². The average molecular weight is 473 g/mol. The molecule has 7 heteroatoms. The molecule has 6 nitrogen and oxygen atoms in total. The lowest BCUT2D eigenvalue weighted by Crippen LogP contribution is -2.26. The number of aromatic nitrogens is 2. The number of hydrogen-bond acceptors (Lipinski definition) is 5. The van der Waals surface area contributed by atoms with Crippen molar-refractivity contribution in [3.8, 4) is 16.3 Å². The van der Waals surface area contributed by atoms with Crippen LogP contribution in [0.2, 0.25) is 0 Å². The standard InChI is InChI=1S/C27H28N4O2S/c1-18-14-24(33-26(32)29-15-20-8-10-22(11-9-20)27(28)12-13-27)19(2)31(18)16-23-17-34-25(30-23)21-6-4-3-5-7-21/h3-11,14,17H,12-13,15-16,28H2,1-2H3,(H,29,32). The molecule has 0 atom stereocenters. The lowest BCUT2D eigenvalue weighted by Gasteiger charge is -2.11. The van der Waals surface area contributed by atoms with Crippen LogP contribution in [0.4, 0.5) is 4.79 Å². The molecular formula is C27H28N4O2S. The highest BCUT2D eigenvalue weighted by molar-refractivity contribution is 7.13. The number of thiazole rings is 1. The molecule has 2 aromatic heterocycles. The highest BCUT2D eigenvalue weighted by atomic mass is 32.1. The number of hydrogen-bond donors (Lipinski definition) is 2. The van der Waals surface area contributed by atoms with Gasteiger partial charge in [-0.25, -0.2) is 9.78 Å². The quantitative estimate of drug-likeness (QED) is 0.371. The van der Waals surface area contributed by atoms with E-state index in [0.29, 0.717) is 18.8 Å². The van der Waals surface area contributed by atoms with E-state index in [0.717, 1.165) is 51.6 Å². The lowest BCUT2D eigenvalue weighted by atomic mass is 10.0. The van der Waals surface area contributed by atoms with E-state index < -0.39 is 6.09 Å². The molecule has 1 aliphatic rings. The Morgan fingerprint density at radius 1 is 1.15 bits per heavy atom. The Kier molecular flexibility index (Phi) is 5.98. The molecule has 5 rings (SSSR count). The van der Waals surface area contributed by atoms with Crippen LogP contribution in [0.1, 0.15) is 41.1 Å². The Hall–Kier alpha value is -3.42. The maximum Gasteiger partial charge on any atom is 0.412 e. The fraction of sp³-hybridized carbons (Fsp3) is 0.259. The minimum Gasteiger partial charge on any atom is -0.408 e. The summed E-state index contributed by atoms with van der Waals surface area (Å²) in [6.07, 6.45) is 1.60. The van der Waals surface area contributed by atoms with Gasteiger partial charge in [0, 0.05) is 34.8 Å². The molecule has 0 radical (unpaired) electrons. The van der Waals surface area contributed by atoms with Gasteiger partial charge in [0.1, 0.15) is 5.01 Å². The molecule has 174 valence electrons. The van der Waals surface area contributed by atoms with Gasteiger partial charge in [-0.2, -0.15) is 0 Å². The summed E-state index contributed by atoms with van der Waals surface area (Å²) in [5, 5.41) is 5.92. The van der Waals surface area contributed by atoms with E-state index >= 15 is 0 Å². The summed E-state index contributed by atoms with van der Waals surface area (Å²) in [5.41, 5.74) is 12.3. The van der Waals surface area contributed by atoms with Gasteiger partial charge >= 0.3 is 6.09 Å². The van der Waals surface area contributed by atoms with Crippen molar-refractivity contribution in [2.45, 2.75) is 45.3 Å². The third kappa shape index (κ3) is 4.76. The van der Waals surface area contributed by atoms with Gasteiger partial charge in [0.25, 0.3) is 0 Å². The van der Waals surface area contributed by atoms with Crippen LogP contribution in [0, 0.1) is 13.8 Å². The highest BCUT2D eigenvalue weighted by Crippen LogP contribution is 2.42. The summed E-state index contributed by atoms with van der Waals surface area (Å²) in [5.74, 6) is 0.558. The summed E-state index contributed by atoms with van der Waals surface area (Å²) in [6.45, 7) is 4.99. The Bertz CT molecular complexity index is 1300. The monoisotopic (exact) mass is 472 g/mol. The molecule has 2 aromatic carbocycles. The van der Waals surface area contributed by atoms with Crippen molar-refractivity contribution >= 4 is 17.4 Å². The van der Waals surface area contributed by atoms with Crippen molar-refractivity contribution in [2.75, 3.05) is 0 Å². The van der Waals surface area contributed by atoms with Gasteiger partial charge in [0.15, 0.2) is 5.75 Å². The van der Waals surface area contributed by atoms with Crippen LogP contribution < -0.4 is 15.8 Å². The molecule has 2 heterocycles. The second-order valence-corrected chi connectivity index (χ2v) is 9.79. The third-order valence-corrected chi connectivity index (χ3v) is 7.32. The van der Waals surface area contributed by atoms with Crippen molar-refractivity contribution in [1.29, 1.82) is 0 Å². The van der Waals surface area contributed by atoms with Crippen LogP contribution in [0.15, 0.2) is 66.0 Å². The van der Waals surface area contributed by atoms with Gasteiger partial charge in [-0.05, 0) is 37.8 Å². The normalized spacial score (nSPS) is 14.1. The van der Waals surface area contributed by atoms with Gasteiger partial charge in [-0.1, -0.05) is 54.6 Å². The number of nitrogens with zero attached hydrogens (tertiary/aromatic N) is 2. The number of nitrogens with two attached hydrogens (primary N) is 1. The average Bonchev–Trinajstić information content (AvgIpc) is 3.33. The Morgan fingerprint density at radius 3 is 2.59 bits per heavy atom. The number of rotatable bonds is 7. The fourth-order valence-corrected chi connectivity index (χ4v) is 4.88. The van der Waals surface area contributed by atoms with Crippen molar-refractivity contribution in [3.05, 3.63) is 94.3 Å². The molecule has 1 fully saturated rings. The first-order valence-electron chi connectivity index (χ1n) is 11.4. The van der Waals surface area contributed by atoms with Crippen LogP contribution in [-0.4, -0.2) is 15.6 Å². The summed E-state index contributed by atoms with van der Waals surface area (Å²) >= 11 is 1.63. The molecule has 0 aliphatic heterocycles. The lowest BCUT2D eigenvalue weighted by molar-refractivity contribution is 0.199. The molecule has 1 aliphatic carbocycles. The number of amides is 1. The topological polar surface area (TPSA) is 82.2 Å². The number of carbonyl (C=O) groups excluding carboxylic acids is 1. The SMILES string of the molecule is Cc1cc(OC(=O)NCc2ccc(C3(N)CC3)cc2)c(C)n1Cc1csc(-c2ccccc2)n1. The predicted octanol–water partition coefficient (Wildman–Crippen LogP) is 5.51. The second kappa shape index (κ2) is 9.08. The van der Waals surface area contributed by atoms with Gasteiger partial charge in [0.05, 0.1) is 17.9 Å². The molecule has 1 saturated carbocycles. The van der Waals surface area contributed by atoms with Crippen LogP contribution in [0.3, 0.4) is 0 Å². The first-order chi connectivity index (χ1) is 16.4. The minimum absolute atomic E-state index is 0.144. The summed E-state index contributed by atoms with van der Waals surface area (Å²) in [4.78, 5) is 17.2. The molecule has 34 heavy (non-hydrogen) atoms. The summed E-state index contributed by atoms with van der Waals surface area (Å²) < 4.78 is 7.74. The maximum atomic E-state index is 12.4. The molecular weight excluding hydrogens is 444 g/mol.